The monoisotopic (exact) mass is 237 g/mol. The van der Waals surface area contributed by atoms with E-state index in [0.717, 1.165) is 0 Å². The predicted molar refractivity (Wildman–Crippen MR) is 59.8 cm³/mol. The minimum absolute atomic E-state index is 0.172. The van der Waals surface area contributed by atoms with Gasteiger partial charge < -0.3 is 14.2 Å². The van der Waals surface area contributed by atoms with Crippen LogP contribution in [0, 0.1) is 14.0 Å². The minimum Gasteiger partial charge on any atom is -0.489 e. The maximum atomic E-state index is 11.6. The number of esters is 2. The Hall–Kier alpha value is -2.04. The van der Waals surface area contributed by atoms with Crippen molar-refractivity contribution in [2.45, 2.75) is 6.92 Å². The summed E-state index contributed by atoms with van der Waals surface area (Å²) in [5, 5.41) is 0. The quantitative estimate of drug-likeness (QED) is 0.749. The summed E-state index contributed by atoms with van der Waals surface area (Å²) in [6, 6.07) is 2.98. The van der Waals surface area contributed by atoms with Crippen molar-refractivity contribution < 1.29 is 23.8 Å². The first-order valence-electron chi connectivity index (χ1n) is 4.79. The van der Waals surface area contributed by atoms with Gasteiger partial charge >= 0.3 is 11.9 Å². The molecule has 1 radical (unpaired) electrons. The van der Waals surface area contributed by atoms with E-state index in [4.69, 9.17) is 4.74 Å². The molecule has 5 nitrogen and oxygen atoms in total. The molecule has 0 atom stereocenters. The molecule has 0 unspecified atom stereocenters. The van der Waals surface area contributed by atoms with Crippen LogP contribution in [0.15, 0.2) is 12.1 Å². The van der Waals surface area contributed by atoms with Crippen LogP contribution in [-0.4, -0.2) is 26.2 Å². The van der Waals surface area contributed by atoms with Crippen molar-refractivity contribution in [3.63, 3.8) is 0 Å². The second-order valence-electron chi connectivity index (χ2n) is 3.24. The fourth-order valence-corrected chi connectivity index (χ4v) is 1.49. The van der Waals surface area contributed by atoms with Crippen LogP contribution in [0.4, 0.5) is 0 Å². The number of rotatable bonds is 3. The number of hydrogen-bond donors (Lipinski definition) is 0. The lowest BCUT2D eigenvalue weighted by molar-refractivity contribution is 0.0595. The van der Waals surface area contributed by atoms with Gasteiger partial charge in [-0.1, -0.05) is 0 Å². The number of carbonyl (C=O) groups is 2. The maximum absolute atomic E-state index is 11.6. The molecule has 0 saturated carbocycles. The second kappa shape index (κ2) is 5.34. The van der Waals surface area contributed by atoms with E-state index >= 15 is 0 Å². The number of ether oxygens (including phenoxy) is 3. The second-order valence-corrected chi connectivity index (χ2v) is 3.24. The van der Waals surface area contributed by atoms with Crippen LogP contribution in [0.5, 0.6) is 5.75 Å². The van der Waals surface area contributed by atoms with E-state index in [1.807, 2.05) is 0 Å². The topological polar surface area (TPSA) is 61.8 Å². The summed E-state index contributed by atoms with van der Waals surface area (Å²) in [6.45, 7) is 1.61. The molecule has 0 heterocycles. The van der Waals surface area contributed by atoms with E-state index in [9.17, 15) is 9.59 Å². The normalized spacial score (nSPS) is 9.65. The Balaban J connectivity index is 3.42. The SMILES string of the molecule is [CH2]Oc1ccc(C(=O)OC)c(C)c1C(=O)OC. The molecule has 0 aromatic heterocycles. The zero-order valence-corrected chi connectivity index (χ0v) is 9.90. The summed E-state index contributed by atoms with van der Waals surface area (Å²) in [4.78, 5) is 23.1. The maximum Gasteiger partial charge on any atom is 0.341 e. The van der Waals surface area contributed by atoms with Crippen LogP contribution < -0.4 is 4.74 Å². The van der Waals surface area contributed by atoms with Gasteiger partial charge in [0.2, 0.25) is 0 Å². The van der Waals surface area contributed by atoms with Crippen LogP contribution in [0.3, 0.4) is 0 Å². The molecule has 0 saturated heterocycles. The van der Waals surface area contributed by atoms with Crippen molar-refractivity contribution in [1.29, 1.82) is 0 Å². The highest BCUT2D eigenvalue weighted by atomic mass is 16.5. The van der Waals surface area contributed by atoms with Gasteiger partial charge in [0.1, 0.15) is 18.4 Å². The Bertz CT molecular complexity index is 450. The van der Waals surface area contributed by atoms with Crippen LogP contribution in [0.25, 0.3) is 0 Å². The first kappa shape index (κ1) is 13.0. The zero-order valence-electron chi connectivity index (χ0n) is 9.90. The fourth-order valence-electron chi connectivity index (χ4n) is 1.49. The van der Waals surface area contributed by atoms with Crippen molar-refractivity contribution >= 4 is 11.9 Å². The molecule has 17 heavy (non-hydrogen) atoms. The highest BCUT2D eigenvalue weighted by molar-refractivity contribution is 5.99. The smallest absolute Gasteiger partial charge is 0.341 e. The molecule has 91 valence electrons. The molecule has 5 heteroatoms. The van der Waals surface area contributed by atoms with Gasteiger partial charge in [-0.25, -0.2) is 9.59 Å². The summed E-state index contributed by atoms with van der Waals surface area (Å²) in [5.74, 6) is -0.864. The molecule has 0 spiro atoms. The van der Waals surface area contributed by atoms with Crippen LogP contribution in [0.2, 0.25) is 0 Å². The molecule has 0 aliphatic heterocycles. The van der Waals surface area contributed by atoms with Gasteiger partial charge in [-0.3, -0.25) is 0 Å². The van der Waals surface area contributed by atoms with E-state index in [-0.39, 0.29) is 16.9 Å². The summed E-state index contributed by atoms with van der Waals surface area (Å²) in [7, 11) is 5.76. The highest BCUT2D eigenvalue weighted by Crippen LogP contribution is 2.26. The zero-order chi connectivity index (χ0) is 13.0. The summed E-state index contributed by atoms with van der Waals surface area (Å²) < 4.78 is 14.1. The molecule has 0 aliphatic carbocycles. The largest absolute Gasteiger partial charge is 0.489 e. The predicted octanol–water partition coefficient (Wildman–Crippen LogP) is 1.74. The molecule has 0 N–H and O–H groups in total. The van der Waals surface area contributed by atoms with Crippen molar-refractivity contribution in [2.75, 3.05) is 14.2 Å². The van der Waals surface area contributed by atoms with Crippen molar-refractivity contribution in [3.8, 4) is 5.75 Å². The Labute approximate surface area is 99.3 Å². The summed E-state index contributed by atoms with van der Waals surface area (Å²) >= 11 is 0. The summed E-state index contributed by atoms with van der Waals surface area (Å²) in [5.41, 5.74) is 0.893. The van der Waals surface area contributed by atoms with Gasteiger partial charge in [0.05, 0.1) is 19.8 Å². The van der Waals surface area contributed by atoms with Crippen molar-refractivity contribution in [3.05, 3.63) is 35.9 Å². The Morgan fingerprint density at radius 3 is 2.18 bits per heavy atom. The number of methoxy groups -OCH3 is 2. The van der Waals surface area contributed by atoms with Gasteiger partial charge in [-0.15, -0.1) is 0 Å². The van der Waals surface area contributed by atoms with E-state index in [1.165, 1.54) is 26.4 Å². The van der Waals surface area contributed by atoms with Crippen LogP contribution >= 0.6 is 0 Å². The molecule has 0 amide bonds. The summed E-state index contributed by atoms with van der Waals surface area (Å²) in [6.07, 6.45) is 0. The van der Waals surface area contributed by atoms with E-state index in [0.29, 0.717) is 5.56 Å². The first-order valence-corrected chi connectivity index (χ1v) is 4.79. The van der Waals surface area contributed by atoms with Gasteiger partial charge in [-0.2, -0.15) is 0 Å². The molecule has 0 aliphatic rings. The number of hydrogen-bond acceptors (Lipinski definition) is 5. The molecular formula is C12H13O5. The standard InChI is InChI=1S/C12H13O5/c1-7-8(11(13)16-3)5-6-9(15-2)10(7)12(14)17-4/h5-6H,2H2,1,3-4H3. The van der Waals surface area contributed by atoms with E-state index in [2.05, 4.69) is 16.6 Å². The average molecular weight is 237 g/mol. The fraction of sp³-hybridized carbons (Fsp3) is 0.250. The molecule has 0 bridgehead atoms. The Kier molecular flexibility index (Phi) is 4.09. The van der Waals surface area contributed by atoms with Crippen molar-refractivity contribution in [1.82, 2.24) is 0 Å². The lowest BCUT2D eigenvalue weighted by atomic mass is 10.0. The molecule has 0 fully saturated rings. The lowest BCUT2D eigenvalue weighted by Crippen LogP contribution is -2.11. The van der Waals surface area contributed by atoms with E-state index < -0.39 is 11.9 Å². The van der Waals surface area contributed by atoms with Crippen molar-refractivity contribution in [2.24, 2.45) is 0 Å². The Morgan fingerprint density at radius 1 is 1.12 bits per heavy atom. The molecule has 1 rings (SSSR count). The van der Waals surface area contributed by atoms with Gasteiger partial charge in [-0.05, 0) is 24.6 Å². The molecular weight excluding hydrogens is 224 g/mol. The molecule has 1 aromatic carbocycles. The Morgan fingerprint density at radius 2 is 1.71 bits per heavy atom. The average Bonchev–Trinajstić information content (AvgIpc) is 2.36. The first-order chi connectivity index (χ1) is 8.06. The highest BCUT2D eigenvalue weighted by Gasteiger charge is 2.21. The third-order valence-electron chi connectivity index (χ3n) is 2.38. The third kappa shape index (κ3) is 2.38. The number of carbonyl (C=O) groups excluding carboxylic acids is 2. The van der Waals surface area contributed by atoms with Gasteiger partial charge in [0, 0.05) is 0 Å². The number of benzene rings is 1. The third-order valence-corrected chi connectivity index (χ3v) is 2.38. The lowest BCUT2D eigenvalue weighted by Gasteiger charge is -2.12. The van der Waals surface area contributed by atoms with Gasteiger partial charge in [0.25, 0.3) is 0 Å². The van der Waals surface area contributed by atoms with Gasteiger partial charge in [0.15, 0.2) is 0 Å². The minimum atomic E-state index is -0.591. The van der Waals surface area contributed by atoms with E-state index in [1.54, 1.807) is 6.92 Å². The van der Waals surface area contributed by atoms with Crippen LogP contribution in [0.1, 0.15) is 26.3 Å². The van der Waals surface area contributed by atoms with Crippen LogP contribution in [-0.2, 0) is 9.47 Å². The molecule has 1 aromatic rings.